The van der Waals surface area contributed by atoms with E-state index < -0.39 is 0 Å². The van der Waals surface area contributed by atoms with Gasteiger partial charge in [0.15, 0.2) is 0 Å². The van der Waals surface area contributed by atoms with Gasteiger partial charge in [0.1, 0.15) is 0 Å². The van der Waals surface area contributed by atoms with Crippen LogP contribution in [0, 0.1) is 5.92 Å². The zero-order valence-corrected chi connectivity index (χ0v) is 15.3. The van der Waals surface area contributed by atoms with E-state index in [4.69, 9.17) is 4.74 Å². The molecule has 1 aromatic carbocycles. The Morgan fingerprint density at radius 2 is 1.84 bits per heavy atom. The smallest absolute Gasteiger partial charge is 0.227 e. The van der Waals surface area contributed by atoms with Gasteiger partial charge in [0, 0.05) is 19.6 Å². The third-order valence-electron chi connectivity index (χ3n) is 5.62. The van der Waals surface area contributed by atoms with Crippen LogP contribution in [0.3, 0.4) is 0 Å². The fourth-order valence-corrected chi connectivity index (χ4v) is 4.21. The highest BCUT2D eigenvalue weighted by molar-refractivity contribution is 5.84. The fourth-order valence-electron chi connectivity index (χ4n) is 4.21. The summed E-state index contributed by atoms with van der Waals surface area (Å²) in [6.45, 7) is 5.52. The van der Waals surface area contributed by atoms with E-state index in [2.05, 4.69) is 34.5 Å². The first kappa shape index (κ1) is 18.4. The Hall–Kier alpha value is -1.39. The molecule has 0 bridgehead atoms. The quantitative estimate of drug-likeness (QED) is 0.773. The molecular weight excluding hydrogens is 312 g/mol. The largest absolute Gasteiger partial charge is 0.379 e. The summed E-state index contributed by atoms with van der Waals surface area (Å²) >= 11 is 0. The number of ether oxygens (including phenoxy) is 1. The van der Waals surface area contributed by atoms with Crippen molar-refractivity contribution < 1.29 is 9.53 Å². The number of carbonyl (C=O) groups excluding carboxylic acids is 1. The number of nitrogens with one attached hydrogen (secondary N) is 1. The number of morpholine rings is 1. The fraction of sp³-hybridized carbons (Fsp3) is 0.667. The molecule has 2 fully saturated rings. The van der Waals surface area contributed by atoms with Gasteiger partial charge >= 0.3 is 0 Å². The lowest BCUT2D eigenvalue weighted by Crippen LogP contribution is -2.39. The van der Waals surface area contributed by atoms with Crippen molar-refractivity contribution in [2.45, 2.75) is 44.4 Å². The van der Waals surface area contributed by atoms with E-state index in [9.17, 15) is 4.79 Å². The minimum atomic E-state index is 0.0184. The molecule has 138 valence electrons. The predicted octanol–water partition coefficient (Wildman–Crippen LogP) is 3.19. The summed E-state index contributed by atoms with van der Waals surface area (Å²) in [6.07, 6.45) is 7.22. The van der Waals surface area contributed by atoms with Crippen molar-refractivity contribution in [3.05, 3.63) is 35.9 Å². The summed E-state index contributed by atoms with van der Waals surface area (Å²) in [5.41, 5.74) is 1.18. The molecule has 1 heterocycles. The van der Waals surface area contributed by atoms with Crippen LogP contribution in [-0.4, -0.2) is 50.2 Å². The zero-order valence-electron chi connectivity index (χ0n) is 15.3. The van der Waals surface area contributed by atoms with Gasteiger partial charge < -0.3 is 10.1 Å². The zero-order chi connectivity index (χ0) is 17.3. The third kappa shape index (κ3) is 5.55. The van der Waals surface area contributed by atoms with E-state index in [1.807, 2.05) is 6.07 Å². The van der Waals surface area contributed by atoms with Crippen molar-refractivity contribution in [3.63, 3.8) is 0 Å². The Morgan fingerprint density at radius 3 is 2.56 bits per heavy atom. The molecule has 0 radical (unpaired) electrons. The van der Waals surface area contributed by atoms with Crippen molar-refractivity contribution in [1.29, 1.82) is 0 Å². The molecule has 1 aliphatic heterocycles. The second-order valence-electron chi connectivity index (χ2n) is 7.39. The van der Waals surface area contributed by atoms with Crippen LogP contribution in [0.15, 0.2) is 30.3 Å². The van der Waals surface area contributed by atoms with Crippen LogP contribution in [0.25, 0.3) is 0 Å². The maximum Gasteiger partial charge on any atom is 0.227 e. The van der Waals surface area contributed by atoms with Crippen LogP contribution in [0.1, 0.15) is 50.0 Å². The lowest BCUT2D eigenvalue weighted by atomic mass is 9.76. The Balaban J connectivity index is 1.51. The Bertz CT molecular complexity index is 508. The molecule has 1 aromatic rings. The number of benzene rings is 1. The number of rotatable bonds is 7. The summed E-state index contributed by atoms with van der Waals surface area (Å²) in [7, 11) is 0. The lowest BCUT2D eigenvalue weighted by Gasteiger charge is -2.30. The van der Waals surface area contributed by atoms with Crippen molar-refractivity contribution in [2.75, 3.05) is 39.4 Å². The van der Waals surface area contributed by atoms with Gasteiger partial charge in [-0.05, 0) is 37.3 Å². The first-order valence-corrected chi connectivity index (χ1v) is 9.97. The van der Waals surface area contributed by atoms with Crippen LogP contribution in [0.5, 0.6) is 0 Å². The second kappa shape index (κ2) is 9.93. The second-order valence-corrected chi connectivity index (χ2v) is 7.39. The van der Waals surface area contributed by atoms with E-state index in [1.54, 1.807) is 0 Å². The molecule has 1 unspecified atom stereocenters. The molecular formula is C21H32N2O2. The van der Waals surface area contributed by atoms with E-state index in [0.717, 1.165) is 45.8 Å². The number of hydrogen-bond acceptors (Lipinski definition) is 3. The first-order valence-electron chi connectivity index (χ1n) is 9.97. The summed E-state index contributed by atoms with van der Waals surface area (Å²) in [6, 6.07) is 10.4. The molecule has 1 aliphatic carbocycles. The monoisotopic (exact) mass is 344 g/mol. The molecule has 0 spiro atoms. The number of carbonyl (C=O) groups is 1. The molecule has 1 N–H and O–H groups in total. The minimum Gasteiger partial charge on any atom is -0.379 e. The SMILES string of the molecule is O=C(NCCCN1CCOCC1)C(c1ccccc1)C1CCCCC1. The summed E-state index contributed by atoms with van der Waals surface area (Å²) in [5.74, 6) is 0.736. The maximum absolute atomic E-state index is 12.9. The lowest BCUT2D eigenvalue weighted by molar-refractivity contribution is -0.124. The molecule has 1 atom stereocenters. The topological polar surface area (TPSA) is 41.6 Å². The number of amides is 1. The van der Waals surface area contributed by atoms with Crippen LogP contribution >= 0.6 is 0 Å². The molecule has 25 heavy (non-hydrogen) atoms. The molecule has 1 saturated carbocycles. The van der Waals surface area contributed by atoms with Gasteiger partial charge in [0.25, 0.3) is 0 Å². The van der Waals surface area contributed by atoms with Crippen LogP contribution in [0.2, 0.25) is 0 Å². The van der Waals surface area contributed by atoms with Gasteiger partial charge in [-0.15, -0.1) is 0 Å². The van der Waals surface area contributed by atoms with E-state index in [1.165, 1.54) is 37.7 Å². The molecule has 3 rings (SSSR count). The van der Waals surface area contributed by atoms with Gasteiger partial charge in [-0.3, -0.25) is 9.69 Å². The summed E-state index contributed by atoms with van der Waals surface area (Å²) in [4.78, 5) is 15.4. The van der Waals surface area contributed by atoms with Gasteiger partial charge in [0.05, 0.1) is 19.1 Å². The average molecular weight is 344 g/mol. The summed E-state index contributed by atoms with van der Waals surface area (Å²) < 4.78 is 5.38. The van der Waals surface area contributed by atoms with Crippen LogP contribution in [0.4, 0.5) is 0 Å². The molecule has 1 amide bonds. The molecule has 0 aromatic heterocycles. The summed E-state index contributed by atoms with van der Waals surface area (Å²) in [5, 5.41) is 3.22. The average Bonchev–Trinajstić information content (AvgIpc) is 2.68. The van der Waals surface area contributed by atoms with Crippen LogP contribution < -0.4 is 5.32 Å². The number of hydrogen-bond donors (Lipinski definition) is 1. The normalized spacial score (nSPS) is 21.0. The van der Waals surface area contributed by atoms with Gasteiger partial charge in [0.2, 0.25) is 5.91 Å². The van der Waals surface area contributed by atoms with E-state index >= 15 is 0 Å². The number of nitrogens with zero attached hydrogens (tertiary/aromatic N) is 1. The molecule has 1 saturated heterocycles. The highest BCUT2D eigenvalue weighted by Gasteiger charge is 2.30. The molecule has 4 heteroatoms. The highest BCUT2D eigenvalue weighted by atomic mass is 16.5. The van der Waals surface area contributed by atoms with E-state index in [-0.39, 0.29) is 11.8 Å². The van der Waals surface area contributed by atoms with Gasteiger partial charge in [-0.1, -0.05) is 49.6 Å². The molecule has 4 nitrogen and oxygen atoms in total. The van der Waals surface area contributed by atoms with E-state index in [0.29, 0.717) is 5.92 Å². The van der Waals surface area contributed by atoms with Crippen LogP contribution in [-0.2, 0) is 9.53 Å². The predicted molar refractivity (Wildman–Crippen MR) is 101 cm³/mol. The molecule has 2 aliphatic rings. The van der Waals surface area contributed by atoms with Gasteiger partial charge in [-0.2, -0.15) is 0 Å². The minimum absolute atomic E-state index is 0.0184. The third-order valence-corrected chi connectivity index (χ3v) is 5.62. The standard InChI is InChI=1S/C21H32N2O2/c24-21(22-12-7-13-23-14-16-25-17-15-23)20(18-8-3-1-4-9-18)19-10-5-2-6-11-19/h1,3-4,8-9,19-20H,2,5-7,10-17H2,(H,22,24). The van der Waals surface area contributed by atoms with Crippen molar-refractivity contribution >= 4 is 5.91 Å². The maximum atomic E-state index is 12.9. The highest BCUT2D eigenvalue weighted by Crippen LogP contribution is 2.36. The Morgan fingerprint density at radius 1 is 1.12 bits per heavy atom. The van der Waals surface area contributed by atoms with Crippen molar-refractivity contribution in [3.8, 4) is 0 Å². The first-order chi connectivity index (χ1) is 12.3. The van der Waals surface area contributed by atoms with Crippen molar-refractivity contribution in [2.24, 2.45) is 5.92 Å². The van der Waals surface area contributed by atoms with Gasteiger partial charge in [-0.25, -0.2) is 0 Å². The Labute approximate surface area is 151 Å². The van der Waals surface area contributed by atoms with Crippen molar-refractivity contribution in [1.82, 2.24) is 10.2 Å². The Kier molecular flexibility index (Phi) is 7.31.